The lowest BCUT2D eigenvalue weighted by Gasteiger charge is -2.09. The minimum atomic E-state index is -0.351. The number of para-hydroxylation sites is 1. The summed E-state index contributed by atoms with van der Waals surface area (Å²) in [6.07, 6.45) is 2.93. The zero-order chi connectivity index (χ0) is 25.9. The molecule has 0 bridgehead atoms. The summed E-state index contributed by atoms with van der Waals surface area (Å²) in [6.45, 7) is 1.84. The average molecular weight is 531 g/mol. The van der Waals surface area contributed by atoms with Gasteiger partial charge >= 0.3 is 0 Å². The van der Waals surface area contributed by atoms with Crippen molar-refractivity contribution >= 4 is 63.4 Å². The Morgan fingerprint density at radius 1 is 0.865 bits per heavy atom. The molecule has 2 N–H and O–H groups in total. The molecule has 0 aliphatic rings. The normalized spacial score (nSPS) is 11.2. The lowest BCUT2D eigenvalue weighted by atomic mass is 10.1. The second-order valence-electron chi connectivity index (χ2n) is 8.26. The molecule has 37 heavy (non-hydrogen) atoms. The van der Waals surface area contributed by atoms with Crippen LogP contribution in [0.15, 0.2) is 93.8 Å². The highest BCUT2D eigenvalue weighted by Crippen LogP contribution is 2.34. The molecule has 0 atom stereocenters. The highest BCUT2D eigenvalue weighted by Gasteiger charge is 2.14. The molecular formula is C29H20Cl2N2O4. The van der Waals surface area contributed by atoms with Crippen molar-refractivity contribution in [1.29, 1.82) is 0 Å². The van der Waals surface area contributed by atoms with E-state index >= 15 is 0 Å². The minimum absolute atomic E-state index is 0.224. The zero-order valence-electron chi connectivity index (χ0n) is 19.5. The Labute approximate surface area is 222 Å². The number of rotatable bonds is 6. The van der Waals surface area contributed by atoms with Crippen LogP contribution < -0.4 is 10.6 Å². The van der Waals surface area contributed by atoms with Crippen LogP contribution in [0.2, 0.25) is 10.0 Å². The van der Waals surface area contributed by atoms with E-state index in [1.165, 1.54) is 6.08 Å². The van der Waals surface area contributed by atoms with Gasteiger partial charge in [0.1, 0.15) is 17.1 Å². The molecule has 5 rings (SSSR count). The fourth-order valence-electron chi connectivity index (χ4n) is 3.78. The molecule has 0 saturated heterocycles. The van der Waals surface area contributed by atoms with E-state index in [4.69, 9.17) is 32.0 Å². The zero-order valence-corrected chi connectivity index (χ0v) is 21.1. The molecule has 0 aliphatic carbocycles. The lowest BCUT2D eigenvalue weighted by molar-refractivity contribution is -0.111. The van der Waals surface area contributed by atoms with E-state index in [0.29, 0.717) is 44.1 Å². The maximum absolute atomic E-state index is 12.6. The number of aryl methyl sites for hydroxylation is 1. The Bertz CT molecular complexity index is 1630. The van der Waals surface area contributed by atoms with Gasteiger partial charge in [-0.3, -0.25) is 9.59 Å². The van der Waals surface area contributed by atoms with E-state index in [1.54, 1.807) is 60.7 Å². The van der Waals surface area contributed by atoms with Gasteiger partial charge in [-0.1, -0.05) is 47.5 Å². The number of halogens is 2. The number of nitrogens with one attached hydrogen (secondary N) is 2. The molecule has 0 saturated carbocycles. The maximum Gasteiger partial charge on any atom is 0.291 e. The van der Waals surface area contributed by atoms with Crippen LogP contribution in [0, 0.1) is 6.92 Å². The van der Waals surface area contributed by atoms with E-state index < -0.39 is 0 Å². The summed E-state index contributed by atoms with van der Waals surface area (Å²) in [4.78, 5) is 25.1. The first-order valence-corrected chi connectivity index (χ1v) is 12.1. The van der Waals surface area contributed by atoms with E-state index in [-0.39, 0.29) is 17.6 Å². The number of hydrogen-bond donors (Lipinski definition) is 2. The Balaban J connectivity index is 1.22. The van der Waals surface area contributed by atoms with Crippen LogP contribution >= 0.6 is 23.2 Å². The van der Waals surface area contributed by atoms with Crippen LogP contribution in [0.5, 0.6) is 0 Å². The van der Waals surface area contributed by atoms with Gasteiger partial charge in [0.05, 0.1) is 10.0 Å². The molecule has 2 aromatic heterocycles. The van der Waals surface area contributed by atoms with Gasteiger partial charge in [-0.25, -0.2) is 0 Å². The minimum Gasteiger partial charge on any atom is -0.457 e. The third-order valence-corrected chi connectivity index (χ3v) is 6.45. The van der Waals surface area contributed by atoms with Gasteiger partial charge in [0, 0.05) is 28.4 Å². The smallest absolute Gasteiger partial charge is 0.291 e. The molecule has 5 aromatic rings. The Morgan fingerprint density at radius 2 is 1.70 bits per heavy atom. The van der Waals surface area contributed by atoms with Crippen molar-refractivity contribution in [3.05, 3.63) is 112 Å². The van der Waals surface area contributed by atoms with Crippen molar-refractivity contribution in [2.24, 2.45) is 0 Å². The van der Waals surface area contributed by atoms with Crippen molar-refractivity contribution in [3.63, 3.8) is 0 Å². The number of benzene rings is 3. The molecule has 0 spiro atoms. The number of carbonyl (C=O) groups excluding carboxylic acids is 2. The molecule has 2 heterocycles. The predicted molar refractivity (Wildman–Crippen MR) is 147 cm³/mol. The summed E-state index contributed by atoms with van der Waals surface area (Å²) < 4.78 is 11.4. The maximum atomic E-state index is 12.6. The van der Waals surface area contributed by atoms with Gasteiger partial charge in [-0.2, -0.15) is 0 Å². The van der Waals surface area contributed by atoms with Gasteiger partial charge in [0.25, 0.3) is 5.91 Å². The standard InChI is InChI=1S/C29H20Cl2N2O4/c1-17-15-19(9-12-23(17)33-29(35)26-16-18-5-2-3-8-24(18)37-26)32-27(34)14-11-20-10-13-25(36-20)21-6-4-7-22(30)28(21)31/h2-16H,1H3,(H,32,34)(H,33,35)/b14-11+. The van der Waals surface area contributed by atoms with Crippen LogP contribution in [0.25, 0.3) is 28.4 Å². The van der Waals surface area contributed by atoms with Crippen LogP contribution in [-0.2, 0) is 4.79 Å². The van der Waals surface area contributed by atoms with Gasteiger partial charge in [0.2, 0.25) is 5.91 Å². The summed E-state index contributed by atoms with van der Waals surface area (Å²) in [5, 5.41) is 7.34. The predicted octanol–water partition coefficient (Wildman–Crippen LogP) is 8.21. The monoisotopic (exact) mass is 530 g/mol. The quantitative estimate of drug-likeness (QED) is 0.216. The third-order valence-electron chi connectivity index (χ3n) is 5.63. The Morgan fingerprint density at radius 3 is 2.51 bits per heavy atom. The third kappa shape index (κ3) is 5.45. The summed E-state index contributed by atoms with van der Waals surface area (Å²) in [5.41, 5.74) is 3.29. The highest BCUT2D eigenvalue weighted by molar-refractivity contribution is 6.43. The van der Waals surface area contributed by atoms with Crippen molar-refractivity contribution in [2.75, 3.05) is 10.6 Å². The topological polar surface area (TPSA) is 84.5 Å². The number of carbonyl (C=O) groups is 2. The van der Waals surface area contributed by atoms with E-state index in [9.17, 15) is 9.59 Å². The molecule has 3 aromatic carbocycles. The first-order valence-electron chi connectivity index (χ1n) is 11.3. The molecular weight excluding hydrogens is 511 g/mol. The van der Waals surface area contributed by atoms with E-state index in [1.807, 2.05) is 31.2 Å². The number of hydrogen-bond acceptors (Lipinski definition) is 4. The number of fused-ring (bicyclic) bond motifs is 1. The SMILES string of the molecule is Cc1cc(NC(=O)/C=C/c2ccc(-c3cccc(Cl)c3Cl)o2)ccc1NC(=O)c1cc2ccccc2o1. The van der Waals surface area contributed by atoms with Crippen LogP contribution in [-0.4, -0.2) is 11.8 Å². The molecule has 0 aliphatic heterocycles. The van der Waals surface area contributed by atoms with Crippen LogP contribution in [0.3, 0.4) is 0 Å². The molecule has 2 amide bonds. The first-order chi connectivity index (χ1) is 17.9. The van der Waals surface area contributed by atoms with Gasteiger partial charge in [-0.05, 0) is 73.2 Å². The molecule has 8 heteroatoms. The summed E-state index contributed by atoms with van der Waals surface area (Å²) in [6, 6.07) is 23.1. The highest BCUT2D eigenvalue weighted by atomic mass is 35.5. The fraction of sp³-hybridized carbons (Fsp3) is 0.0345. The molecule has 6 nitrogen and oxygen atoms in total. The molecule has 0 radical (unpaired) electrons. The van der Waals surface area contributed by atoms with Gasteiger partial charge in [-0.15, -0.1) is 0 Å². The van der Waals surface area contributed by atoms with Gasteiger partial charge in [0.15, 0.2) is 5.76 Å². The Hall–Kier alpha value is -4.26. The summed E-state index contributed by atoms with van der Waals surface area (Å²) in [5.74, 6) is 0.569. The van der Waals surface area contributed by atoms with Crippen molar-refractivity contribution in [1.82, 2.24) is 0 Å². The van der Waals surface area contributed by atoms with Crippen molar-refractivity contribution in [3.8, 4) is 11.3 Å². The first kappa shape index (κ1) is 24.4. The summed E-state index contributed by atoms with van der Waals surface area (Å²) >= 11 is 12.3. The fourth-order valence-corrected chi connectivity index (χ4v) is 4.18. The Kier molecular flexibility index (Phi) is 6.86. The second kappa shape index (κ2) is 10.4. The van der Waals surface area contributed by atoms with Crippen molar-refractivity contribution in [2.45, 2.75) is 6.92 Å². The molecule has 0 fully saturated rings. The molecule has 0 unspecified atom stereocenters. The van der Waals surface area contributed by atoms with E-state index in [2.05, 4.69) is 10.6 Å². The largest absolute Gasteiger partial charge is 0.457 e. The number of anilines is 2. The second-order valence-corrected chi connectivity index (χ2v) is 9.04. The molecule has 184 valence electrons. The van der Waals surface area contributed by atoms with Crippen LogP contribution in [0.1, 0.15) is 21.9 Å². The summed E-state index contributed by atoms with van der Waals surface area (Å²) in [7, 11) is 0. The van der Waals surface area contributed by atoms with Gasteiger partial charge < -0.3 is 19.5 Å². The average Bonchev–Trinajstić information content (AvgIpc) is 3.53. The number of amides is 2. The van der Waals surface area contributed by atoms with E-state index in [0.717, 1.165) is 10.9 Å². The van der Waals surface area contributed by atoms with Crippen LogP contribution in [0.4, 0.5) is 11.4 Å². The lowest BCUT2D eigenvalue weighted by Crippen LogP contribution is -2.12. The number of furan rings is 2. The van der Waals surface area contributed by atoms with Crippen molar-refractivity contribution < 1.29 is 18.4 Å².